The molecule has 0 atom stereocenters. The lowest BCUT2D eigenvalue weighted by molar-refractivity contribution is 1.07. The van der Waals surface area contributed by atoms with Crippen LogP contribution in [-0.4, -0.2) is 59.8 Å². The molecule has 18 rings (SSSR count). The maximum absolute atomic E-state index is 5.09. The molecule has 6 heterocycles. The van der Waals surface area contributed by atoms with E-state index in [1.54, 1.807) is 12.4 Å². The van der Waals surface area contributed by atoms with Crippen LogP contribution < -0.4 is 0 Å². The number of benzene rings is 12. The monoisotopic (exact) mass is 1380 g/mol. The lowest BCUT2D eigenvalue weighted by Gasteiger charge is -2.12. The summed E-state index contributed by atoms with van der Waals surface area (Å²) in [6.45, 7) is 0. The highest BCUT2D eigenvalue weighted by atomic mass is 15.0. The number of pyridine rings is 2. The Kier molecular flexibility index (Phi) is 19.0. The summed E-state index contributed by atoms with van der Waals surface area (Å²) in [5, 5.41) is 0. The Bertz CT molecular complexity index is 6010. The van der Waals surface area contributed by atoms with Crippen LogP contribution in [0.25, 0.3) is 181 Å². The minimum atomic E-state index is 0.605. The van der Waals surface area contributed by atoms with Crippen molar-refractivity contribution in [2.75, 3.05) is 0 Å². The minimum absolute atomic E-state index is 0.605. The lowest BCUT2D eigenvalue weighted by atomic mass is 9.99. The molecular formula is C96H64N12. The van der Waals surface area contributed by atoms with E-state index in [-0.39, 0.29) is 0 Å². The first-order valence-corrected chi connectivity index (χ1v) is 35.5. The number of aromatic nitrogens is 12. The molecule has 12 aromatic carbocycles. The topological polar surface area (TPSA) is 155 Å². The fourth-order valence-electron chi connectivity index (χ4n) is 12.9. The Labute approximate surface area is 625 Å². The van der Waals surface area contributed by atoms with Gasteiger partial charge in [0.05, 0.1) is 22.8 Å². The maximum atomic E-state index is 5.09. The summed E-state index contributed by atoms with van der Waals surface area (Å²) in [5.74, 6) is 5.10. The molecule has 0 aliphatic heterocycles. The van der Waals surface area contributed by atoms with E-state index < -0.39 is 0 Å². The highest BCUT2D eigenvalue weighted by Crippen LogP contribution is 2.37. The summed E-state index contributed by atoms with van der Waals surface area (Å²) in [6.07, 6.45) is 7.31. The highest BCUT2D eigenvalue weighted by molar-refractivity contribution is 5.81. The Balaban J connectivity index is 0.000000158. The predicted molar refractivity (Wildman–Crippen MR) is 433 cm³/mol. The zero-order chi connectivity index (χ0) is 72.2. The van der Waals surface area contributed by atoms with Crippen LogP contribution in [0, 0.1) is 0 Å². The minimum Gasteiger partial charge on any atom is -0.264 e. The summed E-state index contributed by atoms with van der Waals surface area (Å²) in [4.78, 5) is 58.3. The molecule has 18 aromatic rings. The Morgan fingerprint density at radius 3 is 0.620 bits per heavy atom. The van der Waals surface area contributed by atoms with Crippen LogP contribution in [-0.2, 0) is 0 Å². The highest BCUT2D eigenvalue weighted by Gasteiger charge is 2.19. The molecule has 12 nitrogen and oxygen atoms in total. The molecule has 6 aromatic heterocycles. The van der Waals surface area contributed by atoms with Gasteiger partial charge in [0.25, 0.3) is 0 Å². The summed E-state index contributed by atoms with van der Waals surface area (Å²) < 4.78 is 0. The van der Waals surface area contributed by atoms with E-state index in [1.807, 2.05) is 207 Å². The largest absolute Gasteiger partial charge is 0.264 e. The Morgan fingerprint density at radius 2 is 0.324 bits per heavy atom. The van der Waals surface area contributed by atoms with Crippen molar-refractivity contribution in [2.24, 2.45) is 0 Å². The second kappa shape index (κ2) is 31.0. The molecule has 0 aliphatic carbocycles. The van der Waals surface area contributed by atoms with E-state index >= 15 is 0 Å². The second-order valence-corrected chi connectivity index (χ2v) is 25.7. The average Bonchev–Trinajstić information content (AvgIpc) is 0.798. The fourth-order valence-corrected chi connectivity index (χ4v) is 12.9. The third kappa shape index (κ3) is 15.1. The number of nitrogens with zero attached hydrogens (tertiary/aromatic N) is 12. The molecule has 0 aliphatic rings. The van der Waals surface area contributed by atoms with Gasteiger partial charge in [-0.15, -0.1) is 0 Å². The molecule has 0 N–H and O–H groups in total. The lowest BCUT2D eigenvalue weighted by Crippen LogP contribution is -2.00. The van der Waals surface area contributed by atoms with Crippen LogP contribution >= 0.6 is 0 Å². The van der Waals surface area contributed by atoms with Crippen LogP contribution in [0.5, 0.6) is 0 Å². The van der Waals surface area contributed by atoms with E-state index in [4.69, 9.17) is 49.8 Å². The third-order valence-electron chi connectivity index (χ3n) is 18.5. The molecule has 0 radical (unpaired) electrons. The van der Waals surface area contributed by atoms with Gasteiger partial charge < -0.3 is 0 Å². The van der Waals surface area contributed by atoms with Gasteiger partial charge in [-0.2, -0.15) is 0 Å². The number of rotatable bonds is 16. The molecule has 0 unspecified atom stereocenters. The maximum Gasteiger partial charge on any atom is 0.164 e. The van der Waals surface area contributed by atoms with Crippen LogP contribution in [0.4, 0.5) is 0 Å². The summed E-state index contributed by atoms with van der Waals surface area (Å²) >= 11 is 0. The predicted octanol–water partition coefficient (Wildman–Crippen LogP) is 22.8. The van der Waals surface area contributed by atoms with Gasteiger partial charge in [0, 0.05) is 103 Å². The normalized spacial score (nSPS) is 11.0. The van der Waals surface area contributed by atoms with Crippen molar-refractivity contribution in [3.05, 3.63) is 389 Å². The van der Waals surface area contributed by atoms with E-state index in [1.165, 1.54) is 0 Å². The van der Waals surface area contributed by atoms with Gasteiger partial charge in [-0.1, -0.05) is 315 Å². The average molecular weight is 1390 g/mol. The van der Waals surface area contributed by atoms with Gasteiger partial charge in [-0.25, -0.2) is 49.8 Å². The first-order chi connectivity index (χ1) is 53.5. The van der Waals surface area contributed by atoms with Crippen molar-refractivity contribution >= 4 is 0 Å². The quantitative estimate of drug-likeness (QED) is 0.0904. The van der Waals surface area contributed by atoms with E-state index in [0.29, 0.717) is 46.6 Å². The zero-order valence-electron chi connectivity index (χ0n) is 58.3. The molecule has 0 saturated heterocycles. The van der Waals surface area contributed by atoms with Gasteiger partial charge in [0.2, 0.25) is 0 Å². The second-order valence-electron chi connectivity index (χ2n) is 25.7. The van der Waals surface area contributed by atoms with E-state index in [9.17, 15) is 0 Å². The SMILES string of the molecule is c1ccc(-c2cc(-c3cccc(-c4ccc(-c5nc(-c6ccccc6)nc(-c6cccc(-c7cccnc7)c6)n5)cc4)c3)nc(-c3ccccc3)n2)cc1.c1ccc(-c2nc(-c3cccc(-c4ccc(-c5nc(-c6ccccc6)nc(-c6ccccc6)n5)cc4)c3)cc(-c3cccc(-c4cccnc4)c3)n2)cc1. The van der Waals surface area contributed by atoms with Crippen LogP contribution in [0.1, 0.15) is 0 Å². The first-order valence-electron chi connectivity index (χ1n) is 35.5. The van der Waals surface area contributed by atoms with Crippen LogP contribution in [0.2, 0.25) is 0 Å². The molecule has 12 heteroatoms. The molecule has 0 bridgehead atoms. The Hall–Kier alpha value is -14.9. The number of hydrogen-bond acceptors (Lipinski definition) is 12. The smallest absolute Gasteiger partial charge is 0.164 e. The molecule has 0 amide bonds. The molecule has 0 spiro atoms. The molecular weight excluding hydrogens is 1320 g/mol. The molecule has 0 saturated carbocycles. The molecule has 508 valence electrons. The molecule has 108 heavy (non-hydrogen) atoms. The van der Waals surface area contributed by atoms with E-state index in [2.05, 4.69) is 180 Å². The van der Waals surface area contributed by atoms with Gasteiger partial charge >= 0.3 is 0 Å². The summed E-state index contributed by atoms with van der Waals surface area (Å²) in [7, 11) is 0. The third-order valence-corrected chi connectivity index (χ3v) is 18.5. The standard InChI is InChI=1S/2C48H32N6/c1-4-13-34(14-5-1)45-50-43(31-44(51-45)41-22-11-20-39(30-41)42-23-12-28-49-32-42)40-21-10-19-38(29-40)33-24-26-37(27-25-33)48-53-46(35-15-6-2-7-16-35)52-47(54-48)36-17-8-3-9-18-36;1-4-13-34(14-5-1)43-31-44(51-45(50-43)35-15-6-2-7-16-35)40-21-10-19-38(29-40)33-24-26-37(27-25-33)47-52-46(36-17-8-3-9-18-36)53-48(54-47)41-22-11-20-39(30-41)42-23-12-28-49-32-42/h2*1-32H. The van der Waals surface area contributed by atoms with Gasteiger partial charge in [-0.3, -0.25) is 9.97 Å². The van der Waals surface area contributed by atoms with Crippen molar-refractivity contribution in [3.8, 4) is 181 Å². The number of hydrogen-bond donors (Lipinski definition) is 0. The van der Waals surface area contributed by atoms with Gasteiger partial charge in [0.1, 0.15) is 0 Å². The fraction of sp³-hybridized carbons (Fsp3) is 0. The summed E-state index contributed by atoms with van der Waals surface area (Å²) in [6, 6.07) is 123. The zero-order valence-corrected chi connectivity index (χ0v) is 58.3. The van der Waals surface area contributed by atoms with Crippen LogP contribution in [0.15, 0.2) is 389 Å². The van der Waals surface area contributed by atoms with Crippen molar-refractivity contribution in [1.82, 2.24) is 59.8 Å². The van der Waals surface area contributed by atoms with Gasteiger partial charge in [0.15, 0.2) is 46.6 Å². The Morgan fingerprint density at radius 1 is 0.120 bits per heavy atom. The van der Waals surface area contributed by atoms with Crippen molar-refractivity contribution in [1.29, 1.82) is 0 Å². The van der Waals surface area contributed by atoms with Crippen molar-refractivity contribution in [2.45, 2.75) is 0 Å². The van der Waals surface area contributed by atoms with Crippen molar-refractivity contribution in [3.63, 3.8) is 0 Å². The van der Waals surface area contributed by atoms with E-state index in [0.717, 1.165) is 134 Å². The van der Waals surface area contributed by atoms with Crippen molar-refractivity contribution < 1.29 is 0 Å². The summed E-state index contributed by atoms with van der Waals surface area (Å²) in [5.41, 5.74) is 23.5. The first kappa shape index (κ1) is 66.4. The van der Waals surface area contributed by atoms with Gasteiger partial charge in [-0.05, 0) is 81.9 Å². The van der Waals surface area contributed by atoms with Crippen LogP contribution in [0.3, 0.4) is 0 Å². The molecule has 0 fully saturated rings.